The Balaban J connectivity index is 1.24. The number of fused-ring (bicyclic) bond motifs is 1. The zero-order valence-corrected chi connectivity index (χ0v) is 19.9. The second-order valence-electron chi connectivity index (χ2n) is 10.4. The van der Waals surface area contributed by atoms with E-state index in [2.05, 4.69) is 15.5 Å². The molecule has 2 aromatic rings. The molecule has 0 spiro atoms. The van der Waals surface area contributed by atoms with Crippen LogP contribution in [0.5, 0.6) is 0 Å². The summed E-state index contributed by atoms with van der Waals surface area (Å²) in [6.07, 6.45) is 4.38. The van der Waals surface area contributed by atoms with Gasteiger partial charge in [-0.25, -0.2) is 4.98 Å². The van der Waals surface area contributed by atoms with E-state index in [0.717, 1.165) is 69.3 Å². The van der Waals surface area contributed by atoms with Crippen molar-refractivity contribution in [2.24, 2.45) is 0 Å². The maximum Gasteiger partial charge on any atom is 0.310 e. The van der Waals surface area contributed by atoms with E-state index in [1.807, 2.05) is 9.80 Å². The summed E-state index contributed by atoms with van der Waals surface area (Å²) in [6.45, 7) is 2.28. The molecule has 1 amide bonds. The van der Waals surface area contributed by atoms with Crippen LogP contribution >= 0.6 is 0 Å². The number of aryl methyl sites for hydroxylation is 1. The number of hydrogen-bond acceptors (Lipinski definition) is 6. The van der Waals surface area contributed by atoms with Crippen molar-refractivity contribution in [1.29, 1.82) is 0 Å². The minimum atomic E-state index is -4.03. The van der Waals surface area contributed by atoms with Gasteiger partial charge in [-0.1, -0.05) is 0 Å². The molecule has 4 aliphatic rings. The first-order chi connectivity index (χ1) is 17.2. The molecule has 6 rings (SSSR count). The number of nitrogens with zero attached hydrogens (tertiary/aromatic N) is 5. The van der Waals surface area contributed by atoms with Gasteiger partial charge in [0.25, 0.3) is 0 Å². The van der Waals surface area contributed by atoms with Crippen LogP contribution in [0.15, 0.2) is 6.07 Å². The number of hydrogen-bond donors (Lipinski definition) is 2. The molecule has 2 saturated heterocycles. The fourth-order valence-electron chi connectivity index (χ4n) is 6.00. The maximum absolute atomic E-state index is 13.7. The summed E-state index contributed by atoms with van der Waals surface area (Å²) in [5.41, 5.74) is 2.13. The number of alkyl halides is 4. The molecule has 2 aromatic heterocycles. The number of amides is 1. The lowest BCUT2D eigenvalue weighted by Gasteiger charge is -2.28. The normalized spacial score (nSPS) is 25.1. The van der Waals surface area contributed by atoms with E-state index in [9.17, 15) is 22.4 Å². The van der Waals surface area contributed by atoms with Gasteiger partial charge in [-0.15, -0.1) is 0 Å². The molecular formula is C24H29F4N7O. The van der Waals surface area contributed by atoms with Gasteiger partial charge >= 0.3 is 11.8 Å². The van der Waals surface area contributed by atoms with Crippen LogP contribution in [0.4, 0.5) is 35.1 Å². The Kier molecular flexibility index (Phi) is 5.60. The van der Waals surface area contributed by atoms with Crippen LogP contribution in [0.25, 0.3) is 0 Å². The van der Waals surface area contributed by atoms with Crippen molar-refractivity contribution in [1.82, 2.24) is 25.1 Å². The van der Waals surface area contributed by atoms with E-state index in [1.54, 1.807) is 0 Å². The first kappa shape index (κ1) is 23.5. The molecule has 3 fully saturated rings. The molecule has 12 heteroatoms. The second-order valence-corrected chi connectivity index (χ2v) is 10.4. The predicted octanol–water partition coefficient (Wildman–Crippen LogP) is 4.17. The van der Waals surface area contributed by atoms with Crippen LogP contribution < -0.4 is 10.2 Å². The quantitative estimate of drug-likeness (QED) is 0.591. The average molecular weight is 508 g/mol. The lowest BCUT2D eigenvalue weighted by Crippen LogP contribution is -2.45. The lowest BCUT2D eigenvalue weighted by atomic mass is 10.0. The average Bonchev–Trinajstić information content (AvgIpc) is 3.64. The molecule has 0 bridgehead atoms. The monoisotopic (exact) mass is 507 g/mol. The topological polar surface area (TPSA) is 90.0 Å². The highest BCUT2D eigenvalue weighted by Crippen LogP contribution is 2.53. The number of rotatable bonds is 5. The smallest absolute Gasteiger partial charge is 0.310 e. The molecule has 0 unspecified atom stereocenters. The van der Waals surface area contributed by atoms with Gasteiger partial charge in [0, 0.05) is 55.7 Å². The van der Waals surface area contributed by atoms with Crippen molar-refractivity contribution in [2.45, 2.75) is 81.6 Å². The van der Waals surface area contributed by atoms with E-state index in [0.29, 0.717) is 24.1 Å². The summed E-state index contributed by atoms with van der Waals surface area (Å²) >= 11 is 0. The van der Waals surface area contributed by atoms with Gasteiger partial charge in [-0.3, -0.25) is 9.89 Å². The van der Waals surface area contributed by atoms with Crippen LogP contribution in [0.1, 0.15) is 67.8 Å². The summed E-state index contributed by atoms with van der Waals surface area (Å²) in [7, 11) is 0. The van der Waals surface area contributed by atoms with E-state index in [-0.39, 0.29) is 17.6 Å². The van der Waals surface area contributed by atoms with Crippen LogP contribution in [0.3, 0.4) is 0 Å². The van der Waals surface area contributed by atoms with Crippen LogP contribution in [0.2, 0.25) is 0 Å². The highest BCUT2D eigenvalue weighted by molar-refractivity contribution is 5.85. The minimum Gasteiger partial charge on any atom is -0.341 e. The first-order valence-electron chi connectivity index (χ1n) is 12.7. The van der Waals surface area contributed by atoms with Crippen molar-refractivity contribution in [2.75, 3.05) is 29.9 Å². The molecule has 4 heterocycles. The molecule has 8 nitrogen and oxygen atoms in total. The molecule has 2 N–H and O–H groups in total. The minimum absolute atomic E-state index is 0.130. The molecule has 36 heavy (non-hydrogen) atoms. The molecule has 1 atom stereocenters. The summed E-state index contributed by atoms with van der Waals surface area (Å²) < 4.78 is 54.8. The van der Waals surface area contributed by atoms with Gasteiger partial charge < -0.3 is 15.1 Å². The van der Waals surface area contributed by atoms with Crippen molar-refractivity contribution in [3.8, 4) is 0 Å². The Bertz CT molecular complexity index is 1150. The fraction of sp³-hybridized carbons (Fsp3) is 0.667. The molecule has 1 saturated carbocycles. The number of carbonyl (C=O) groups is 1. The van der Waals surface area contributed by atoms with Gasteiger partial charge in [-0.05, 0) is 44.9 Å². The SMILES string of the molecule is O=C([C@H]1CCCN1c1nc2c(c(Nc3cc(C4CC(F)(F)C(F)(F)C4)[nH]n3)n1)CCC2)N1CCCC1. The second kappa shape index (κ2) is 8.58. The highest BCUT2D eigenvalue weighted by Gasteiger charge is 2.63. The summed E-state index contributed by atoms with van der Waals surface area (Å²) in [4.78, 5) is 26.6. The van der Waals surface area contributed by atoms with E-state index >= 15 is 0 Å². The van der Waals surface area contributed by atoms with Gasteiger partial charge in [-0.2, -0.15) is 27.6 Å². The van der Waals surface area contributed by atoms with Crippen LogP contribution in [0, 0.1) is 0 Å². The van der Waals surface area contributed by atoms with Crippen molar-refractivity contribution < 1.29 is 22.4 Å². The Labute approximate surface area is 205 Å². The molecule has 0 radical (unpaired) electrons. The van der Waals surface area contributed by atoms with Gasteiger partial charge in [0.1, 0.15) is 11.9 Å². The highest BCUT2D eigenvalue weighted by atomic mass is 19.3. The maximum atomic E-state index is 13.7. The third-order valence-electron chi connectivity index (χ3n) is 7.96. The molecule has 2 aliphatic carbocycles. The number of halogens is 4. The third kappa shape index (κ3) is 3.98. The predicted molar refractivity (Wildman–Crippen MR) is 124 cm³/mol. The number of aromatic nitrogens is 4. The summed E-state index contributed by atoms with van der Waals surface area (Å²) in [6, 6.07) is 1.22. The Morgan fingerprint density at radius 1 is 1.00 bits per heavy atom. The van der Waals surface area contributed by atoms with Crippen LogP contribution in [-0.2, 0) is 17.6 Å². The van der Waals surface area contributed by atoms with Crippen molar-refractivity contribution in [3.05, 3.63) is 23.0 Å². The van der Waals surface area contributed by atoms with Crippen molar-refractivity contribution >= 4 is 23.5 Å². The van der Waals surface area contributed by atoms with E-state index < -0.39 is 30.6 Å². The Morgan fingerprint density at radius 3 is 2.50 bits per heavy atom. The van der Waals surface area contributed by atoms with Crippen molar-refractivity contribution in [3.63, 3.8) is 0 Å². The lowest BCUT2D eigenvalue weighted by molar-refractivity contribution is -0.185. The summed E-state index contributed by atoms with van der Waals surface area (Å²) in [5.74, 6) is -7.55. The fourth-order valence-corrected chi connectivity index (χ4v) is 6.00. The molecule has 0 aromatic carbocycles. The Morgan fingerprint density at radius 2 is 1.75 bits per heavy atom. The zero-order chi connectivity index (χ0) is 25.1. The van der Waals surface area contributed by atoms with Gasteiger partial charge in [0.05, 0.1) is 5.69 Å². The van der Waals surface area contributed by atoms with Crippen LogP contribution in [-0.4, -0.2) is 68.5 Å². The summed E-state index contributed by atoms with van der Waals surface area (Å²) in [5, 5.41) is 9.95. The number of H-pyrrole nitrogens is 1. The van der Waals surface area contributed by atoms with Gasteiger partial charge in [0.15, 0.2) is 5.82 Å². The molecular weight excluding hydrogens is 478 g/mol. The number of aromatic amines is 1. The van der Waals surface area contributed by atoms with E-state index in [1.165, 1.54) is 6.07 Å². The number of likely N-dealkylation sites (tertiary alicyclic amines) is 1. The van der Waals surface area contributed by atoms with E-state index in [4.69, 9.17) is 9.97 Å². The molecule has 2 aliphatic heterocycles. The third-order valence-corrected chi connectivity index (χ3v) is 7.96. The standard InChI is InChI=1S/C24H29F4N7O/c25-23(26)12-14(13-24(23,27)28)17-11-19(33-32-17)30-20-15-5-3-6-16(15)29-22(31-20)35-10-4-7-18(35)21(36)34-8-1-2-9-34/h11,14,18H,1-10,12-13H2,(H2,29,30,31,32,33)/t18-/m1/s1. The Hall–Kier alpha value is -2.92. The number of carbonyl (C=O) groups excluding carboxylic acids is 1. The van der Waals surface area contributed by atoms with Gasteiger partial charge in [0.2, 0.25) is 11.9 Å². The number of nitrogens with one attached hydrogen (secondary N) is 2. The zero-order valence-electron chi connectivity index (χ0n) is 19.9. The number of anilines is 3. The molecule has 194 valence electrons. The first-order valence-corrected chi connectivity index (χ1v) is 12.7. The largest absolute Gasteiger partial charge is 0.341 e.